The fourth-order valence-electron chi connectivity index (χ4n) is 2.21. The Kier molecular flexibility index (Phi) is 4.95. The summed E-state index contributed by atoms with van der Waals surface area (Å²) < 4.78 is 28.5. The third kappa shape index (κ3) is 3.41. The van der Waals surface area contributed by atoms with Gasteiger partial charge in [-0.05, 0) is 31.5 Å². The van der Waals surface area contributed by atoms with Crippen LogP contribution in [0.5, 0.6) is 0 Å². The summed E-state index contributed by atoms with van der Waals surface area (Å²) in [4.78, 5) is 23.9. The zero-order valence-electron chi connectivity index (χ0n) is 13.2. The number of carbonyl (C=O) groups excluding carboxylic acids is 1. The molecule has 0 fully saturated rings. The normalized spacial score (nSPS) is 14.1. The number of sulfone groups is 1. The summed E-state index contributed by atoms with van der Waals surface area (Å²) in [5, 5.41) is 8.78. The smallest absolute Gasteiger partial charge is 0.264 e. The van der Waals surface area contributed by atoms with E-state index in [0.29, 0.717) is 11.3 Å². The average Bonchev–Trinajstić information content (AvgIpc) is 3.05. The van der Waals surface area contributed by atoms with Gasteiger partial charge in [0.05, 0.1) is 6.26 Å². The molecule has 0 radical (unpaired) electrons. The summed E-state index contributed by atoms with van der Waals surface area (Å²) in [5.41, 5.74) is 1.61. The number of rotatable bonds is 6. The van der Waals surface area contributed by atoms with Crippen molar-refractivity contribution in [2.45, 2.75) is 24.6 Å². The van der Waals surface area contributed by atoms with Gasteiger partial charge in [0.25, 0.3) is 11.5 Å². The average molecular weight is 354 g/mol. The number of nitrogens with one attached hydrogen (secondary N) is 1. The van der Waals surface area contributed by atoms with E-state index in [-0.39, 0.29) is 18.5 Å². The SMILES string of the molecule is CC(CCn1ccc(-c2ccco2)cc1=O)(C(=O)NO)S(C)(=O)=O. The Morgan fingerprint density at radius 1 is 1.42 bits per heavy atom. The van der Waals surface area contributed by atoms with Gasteiger partial charge in [-0.15, -0.1) is 0 Å². The molecule has 2 rings (SSSR count). The van der Waals surface area contributed by atoms with E-state index >= 15 is 0 Å². The Morgan fingerprint density at radius 2 is 2.12 bits per heavy atom. The number of aromatic nitrogens is 1. The first-order chi connectivity index (χ1) is 11.2. The number of hydrogen-bond acceptors (Lipinski definition) is 6. The highest BCUT2D eigenvalue weighted by atomic mass is 32.2. The van der Waals surface area contributed by atoms with E-state index in [2.05, 4.69) is 0 Å². The lowest BCUT2D eigenvalue weighted by atomic mass is 10.1. The van der Waals surface area contributed by atoms with Gasteiger partial charge in [0.2, 0.25) is 0 Å². The van der Waals surface area contributed by atoms with Gasteiger partial charge in [0, 0.05) is 30.6 Å². The maximum Gasteiger partial charge on any atom is 0.264 e. The molecule has 8 nitrogen and oxygen atoms in total. The van der Waals surface area contributed by atoms with E-state index < -0.39 is 20.5 Å². The second-order valence-electron chi connectivity index (χ2n) is 5.62. The molecule has 130 valence electrons. The van der Waals surface area contributed by atoms with Crippen molar-refractivity contribution in [3.63, 3.8) is 0 Å². The lowest BCUT2D eigenvalue weighted by Gasteiger charge is -2.25. The molecule has 0 aliphatic carbocycles. The summed E-state index contributed by atoms with van der Waals surface area (Å²) in [7, 11) is -3.80. The van der Waals surface area contributed by atoms with Crippen LogP contribution >= 0.6 is 0 Å². The van der Waals surface area contributed by atoms with Crippen molar-refractivity contribution in [3.05, 3.63) is 47.1 Å². The molecule has 1 atom stereocenters. The summed E-state index contributed by atoms with van der Waals surface area (Å²) in [6, 6.07) is 6.43. The molecule has 0 aromatic carbocycles. The van der Waals surface area contributed by atoms with Crippen molar-refractivity contribution in [3.8, 4) is 11.3 Å². The molecule has 0 bridgehead atoms. The number of amides is 1. The van der Waals surface area contributed by atoms with Crippen molar-refractivity contribution in [1.82, 2.24) is 10.0 Å². The number of carbonyl (C=O) groups is 1. The molecule has 0 spiro atoms. The molecule has 1 unspecified atom stereocenters. The fourth-order valence-corrected chi connectivity index (χ4v) is 3.05. The summed E-state index contributed by atoms with van der Waals surface area (Å²) in [5.74, 6) is -0.495. The molecule has 2 N–H and O–H groups in total. The van der Waals surface area contributed by atoms with Crippen LogP contribution in [0.1, 0.15) is 13.3 Å². The van der Waals surface area contributed by atoms with E-state index in [1.54, 1.807) is 18.2 Å². The Hall–Kier alpha value is -2.39. The Morgan fingerprint density at radius 3 is 2.62 bits per heavy atom. The van der Waals surface area contributed by atoms with Gasteiger partial charge in [-0.1, -0.05) is 0 Å². The second kappa shape index (κ2) is 6.62. The number of nitrogens with zero attached hydrogens (tertiary/aromatic N) is 1. The van der Waals surface area contributed by atoms with Crippen LogP contribution in [0.2, 0.25) is 0 Å². The molecule has 2 heterocycles. The van der Waals surface area contributed by atoms with Crippen molar-refractivity contribution in [2.75, 3.05) is 6.26 Å². The minimum atomic E-state index is -3.80. The molecular formula is C15H18N2O6S. The lowest BCUT2D eigenvalue weighted by molar-refractivity contribution is -0.131. The maximum absolute atomic E-state index is 12.2. The van der Waals surface area contributed by atoms with Gasteiger partial charge in [-0.3, -0.25) is 14.8 Å². The monoisotopic (exact) mass is 354 g/mol. The van der Waals surface area contributed by atoms with Crippen LogP contribution < -0.4 is 11.0 Å². The highest BCUT2D eigenvalue weighted by molar-refractivity contribution is 7.92. The molecule has 2 aromatic heterocycles. The molecular weight excluding hydrogens is 336 g/mol. The first kappa shape index (κ1) is 18.0. The van der Waals surface area contributed by atoms with Crippen LogP contribution in [0.4, 0.5) is 0 Å². The predicted molar refractivity (Wildman–Crippen MR) is 86.2 cm³/mol. The second-order valence-corrected chi connectivity index (χ2v) is 8.06. The van der Waals surface area contributed by atoms with Crippen molar-refractivity contribution >= 4 is 15.7 Å². The number of hydrogen-bond donors (Lipinski definition) is 2. The molecule has 0 aliphatic heterocycles. The van der Waals surface area contributed by atoms with Gasteiger partial charge in [-0.2, -0.15) is 0 Å². The van der Waals surface area contributed by atoms with E-state index in [9.17, 15) is 18.0 Å². The van der Waals surface area contributed by atoms with Gasteiger partial charge in [0.1, 0.15) is 5.76 Å². The number of furan rings is 1. The maximum atomic E-state index is 12.2. The molecule has 0 saturated carbocycles. The van der Waals surface area contributed by atoms with Gasteiger partial charge in [0.15, 0.2) is 14.6 Å². The molecule has 9 heteroatoms. The summed E-state index contributed by atoms with van der Waals surface area (Å²) >= 11 is 0. The van der Waals surface area contributed by atoms with Crippen LogP contribution in [-0.4, -0.2) is 35.1 Å². The first-order valence-corrected chi connectivity index (χ1v) is 8.97. The zero-order valence-corrected chi connectivity index (χ0v) is 14.0. The van der Waals surface area contributed by atoms with Crippen LogP contribution in [0.25, 0.3) is 11.3 Å². The van der Waals surface area contributed by atoms with E-state index in [4.69, 9.17) is 9.62 Å². The third-order valence-corrected chi connectivity index (χ3v) is 6.06. The number of hydroxylamine groups is 1. The highest BCUT2D eigenvalue weighted by Gasteiger charge is 2.43. The van der Waals surface area contributed by atoms with Crippen LogP contribution in [0, 0.1) is 0 Å². The highest BCUT2D eigenvalue weighted by Crippen LogP contribution is 2.22. The van der Waals surface area contributed by atoms with Crippen LogP contribution in [0.15, 0.2) is 45.9 Å². The minimum absolute atomic E-state index is 0.00570. The van der Waals surface area contributed by atoms with Crippen molar-refractivity contribution in [2.24, 2.45) is 0 Å². The van der Waals surface area contributed by atoms with E-state index in [1.165, 1.54) is 35.5 Å². The Balaban J connectivity index is 2.25. The molecule has 24 heavy (non-hydrogen) atoms. The van der Waals surface area contributed by atoms with Gasteiger partial charge < -0.3 is 8.98 Å². The quantitative estimate of drug-likeness (QED) is 0.585. The third-order valence-electron chi connectivity index (χ3n) is 4.03. The topological polar surface area (TPSA) is 119 Å². The standard InChI is InChI=1S/C15H18N2O6S/c1-15(14(19)16-20,24(2,21)22)6-8-17-7-5-11(10-13(17)18)12-4-3-9-23-12/h3-5,7,9-10,20H,6,8H2,1-2H3,(H,16,19). The van der Waals surface area contributed by atoms with E-state index in [0.717, 1.165) is 6.26 Å². The van der Waals surface area contributed by atoms with E-state index in [1.807, 2.05) is 0 Å². The van der Waals surface area contributed by atoms with Gasteiger partial charge >= 0.3 is 0 Å². The largest absolute Gasteiger partial charge is 0.464 e. The number of aryl methyl sites for hydroxylation is 1. The predicted octanol–water partition coefficient (Wildman–Crippen LogP) is 0.807. The summed E-state index contributed by atoms with van der Waals surface area (Å²) in [6.45, 7) is 1.20. The molecule has 1 amide bonds. The molecule has 2 aromatic rings. The lowest BCUT2D eigenvalue weighted by Crippen LogP contribution is -2.49. The van der Waals surface area contributed by atoms with Crippen molar-refractivity contribution < 1.29 is 22.8 Å². The summed E-state index contributed by atoms with van der Waals surface area (Å²) in [6.07, 6.45) is 3.73. The first-order valence-electron chi connectivity index (χ1n) is 7.07. The van der Waals surface area contributed by atoms with Gasteiger partial charge in [-0.25, -0.2) is 13.9 Å². The van der Waals surface area contributed by atoms with Crippen LogP contribution in [0.3, 0.4) is 0 Å². The van der Waals surface area contributed by atoms with Crippen LogP contribution in [-0.2, 0) is 21.2 Å². The Labute approximate surface area is 138 Å². The molecule has 0 aliphatic rings. The molecule has 0 saturated heterocycles. The zero-order chi connectivity index (χ0) is 18.0. The number of pyridine rings is 1. The Bertz CT molecular complexity index is 885. The van der Waals surface area contributed by atoms with Crippen molar-refractivity contribution in [1.29, 1.82) is 0 Å². The minimum Gasteiger partial charge on any atom is -0.464 e. The fraction of sp³-hybridized carbons (Fsp3) is 0.333.